The van der Waals surface area contributed by atoms with E-state index in [1.54, 1.807) is 6.07 Å². The first kappa shape index (κ1) is 24.5. The number of para-hydroxylation sites is 1. The summed E-state index contributed by atoms with van der Waals surface area (Å²) in [4.78, 5) is 38.6. The molecule has 0 N–H and O–H groups in total. The second-order valence-electron chi connectivity index (χ2n) is 8.27. The second kappa shape index (κ2) is 12.2. The van der Waals surface area contributed by atoms with Crippen LogP contribution < -0.4 is 0 Å². The fourth-order valence-electron chi connectivity index (χ4n) is 4.22. The van der Waals surface area contributed by atoms with Crippen molar-refractivity contribution in [2.75, 3.05) is 33.4 Å². The molecule has 8 heteroatoms. The fourth-order valence-corrected chi connectivity index (χ4v) is 4.22. The number of carbonyl (C=O) groups is 2. The molecule has 0 amide bonds. The zero-order valence-corrected chi connectivity index (χ0v) is 18.9. The Bertz CT molecular complexity index is 941. The van der Waals surface area contributed by atoms with Crippen LogP contribution in [-0.4, -0.2) is 54.9 Å². The number of hydrogen-bond acceptors (Lipinski definition) is 7. The molecule has 3 rings (SSSR count). The third-order valence-electron chi connectivity index (χ3n) is 6.06. The number of ketones is 1. The average molecular weight is 455 g/mol. The van der Waals surface area contributed by atoms with Gasteiger partial charge >= 0.3 is 5.97 Å². The van der Waals surface area contributed by atoms with Crippen molar-refractivity contribution in [1.29, 1.82) is 0 Å². The van der Waals surface area contributed by atoms with Crippen molar-refractivity contribution in [3.8, 4) is 0 Å². The Hall–Kier alpha value is -3.10. The van der Waals surface area contributed by atoms with Crippen molar-refractivity contribution in [2.24, 2.45) is 5.92 Å². The number of piperidine rings is 1. The van der Waals surface area contributed by atoms with E-state index < -0.39 is 16.8 Å². The Balaban J connectivity index is 1.49. The molecule has 1 fully saturated rings. The van der Waals surface area contributed by atoms with E-state index in [9.17, 15) is 19.7 Å². The summed E-state index contributed by atoms with van der Waals surface area (Å²) in [6, 6.07) is 15.9. The van der Waals surface area contributed by atoms with Crippen molar-refractivity contribution in [3.05, 3.63) is 75.8 Å². The Morgan fingerprint density at radius 1 is 1.09 bits per heavy atom. The summed E-state index contributed by atoms with van der Waals surface area (Å²) in [5.41, 5.74) is 0.993. The van der Waals surface area contributed by atoms with Gasteiger partial charge in [0.05, 0.1) is 30.8 Å². The highest BCUT2D eigenvalue weighted by molar-refractivity contribution is 6.05. The maximum Gasteiger partial charge on any atom is 0.321 e. The zero-order chi connectivity index (χ0) is 23.6. The second-order valence-corrected chi connectivity index (χ2v) is 8.27. The third kappa shape index (κ3) is 6.94. The van der Waals surface area contributed by atoms with Crippen LogP contribution in [0.15, 0.2) is 54.6 Å². The van der Waals surface area contributed by atoms with Crippen molar-refractivity contribution >= 4 is 17.4 Å². The van der Waals surface area contributed by atoms with E-state index in [-0.39, 0.29) is 29.4 Å². The predicted molar refractivity (Wildman–Crippen MR) is 123 cm³/mol. The number of esters is 1. The molecule has 0 radical (unpaired) electrons. The minimum atomic E-state index is -1.28. The van der Waals surface area contributed by atoms with Crippen LogP contribution in [-0.2, 0) is 25.7 Å². The van der Waals surface area contributed by atoms with E-state index in [0.29, 0.717) is 13.2 Å². The first-order valence-electron chi connectivity index (χ1n) is 11.2. The number of methoxy groups -OCH3 is 1. The molecular formula is C25H30N2O6. The Morgan fingerprint density at radius 3 is 2.42 bits per heavy atom. The summed E-state index contributed by atoms with van der Waals surface area (Å²) in [7, 11) is 1.19. The first-order valence-corrected chi connectivity index (χ1v) is 11.2. The number of rotatable bonds is 11. The molecule has 1 atom stereocenters. The van der Waals surface area contributed by atoms with Crippen molar-refractivity contribution < 1.29 is 24.0 Å². The van der Waals surface area contributed by atoms with Gasteiger partial charge in [-0.05, 0) is 37.4 Å². The molecule has 1 aliphatic rings. The largest absolute Gasteiger partial charge is 0.468 e. The van der Waals surface area contributed by atoms with Gasteiger partial charge < -0.3 is 14.4 Å². The quantitative estimate of drug-likeness (QED) is 0.168. The number of Topliss-reactive ketones (excluding diaryl/α,β-unsaturated/α-hetero) is 1. The number of hydrogen-bond donors (Lipinski definition) is 0. The first-order chi connectivity index (χ1) is 16.0. The monoisotopic (exact) mass is 454 g/mol. The van der Waals surface area contributed by atoms with E-state index >= 15 is 0 Å². The van der Waals surface area contributed by atoms with Gasteiger partial charge in [-0.2, -0.15) is 0 Å². The number of likely N-dealkylation sites (tertiary alicyclic amines) is 1. The number of carbonyl (C=O) groups excluding carboxylic acids is 2. The van der Waals surface area contributed by atoms with Gasteiger partial charge in [0, 0.05) is 19.0 Å². The average Bonchev–Trinajstić information content (AvgIpc) is 2.83. The minimum absolute atomic E-state index is 0.0901. The Labute approximate surface area is 193 Å². The molecule has 0 bridgehead atoms. The van der Waals surface area contributed by atoms with E-state index in [0.717, 1.165) is 38.0 Å². The summed E-state index contributed by atoms with van der Waals surface area (Å²) in [6.45, 7) is 3.75. The molecule has 33 heavy (non-hydrogen) atoms. The lowest BCUT2D eigenvalue weighted by atomic mass is 9.84. The highest BCUT2D eigenvalue weighted by Crippen LogP contribution is 2.31. The number of nitro benzene ring substituents is 1. The maximum absolute atomic E-state index is 13.1. The van der Waals surface area contributed by atoms with Gasteiger partial charge in [0.25, 0.3) is 5.69 Å². The number of nitro groups is 1. The highest BCUT2D eigenvalue weighted by atomic mass is 16.6. The summed E-state index contributed by atoms with van der Waals surface area (Å²) in [6.07, 6.45) is 1.86. The Kier molecular flexibility index (Phi) is 9.09. The lowest BCUT2D eigenvalue weighted by Gasteiger charge is -2.32. The topological polar surface area (TPSA) is 99.0 Å². The SMILES string of the molecule is COC(=O)C(C(=O)CC1CCN(CCOCc2ccccc2)CC1)c1ccccc1[N+](=O)[O-]. The smallest absolute Gasteiger partial charge is 0.321 e. The van der Waals surface area contributed by atoms with Gasteiger partial charge in [-0.15, -0.1) is 0 Å². The van der Waals surface area contributed by atoms with Crippen LogP contribution in [0.1, 0.15) is 36.3 Å². The molecule has 2 aromatic carbocycles. The summed E-state index contributed by atoms with van der Waals surface area (Å²) >= 11 is 0. The molecule has 1 aliphatic heterocycles. The maximum atomic E-state index is 13.1. The summed E-state index contributed by atoms with van der Waals surface area (Å²) in [5, 5.41) is 11.4. The van der Waals surface area contributed by atoms with Crippen molar-refractivity contribution in [2.45, 2.75) is 31.8 Å². The lowest BCUT2D eigenvalue weighted by Crippen LogP contribution is -2.37. The normalized spacial score (nSPS) is 15.7. The molecule has 0 aliphatic carbocycles. The molecule has 1 heterocycles. The predicted octanol–water partition coefficient (Wildman–Crippen LogP) is 3.74. The van der Waals surface area contributed by atoms with Gasteiger partial charge in [0.15, 0.2) is 5.78 Å². The van der Waals surface area contributed by atoms with Gasteiger partial charge in [0.2, 0.25) is 0 Å². The minimum Gasteiger partial charge on any atom is -0.468 e. The van der Waals surface area contributed by atoms with Crippen LogP contribution in [0.5, 0.6) is 0 Å². The summed E-state index contributed by atoms with van der Waals surface area (Å²) < 4.78 is 10.6. The molecule has 0 spiro atoms. The van der Waals surface area contributed by atoms with E-state index in [2.05, 4.69) is 4.90 Å². The lowest BCUT2D eigenvalue weighted by molar-refractivity contribution is -0.385. The van der Waals surface area contributed by atoms with Gasteiger partial charge in [-0.1, -0.05) is 48.5 Å². The molecule has 0 saturated carbocycles. The number of ether oxygens (including phenoxy) is 2. The summed E-state index contributed by atoms with van der Waals surface area (Å²) in [5.74, 6) is -2.24. The van der Waals surface area contributed by atoms with Crippen LogP contribution in [0, 0.1) is 16.0 Å². The standard InChI is InChI=1S/C25H30N2O6/c1-32-25(29)24(21-9-5-6-10-22(21)27(30)31)23(28)17-19-11-13-26(14-12-19)15-16-33-18-20-7-3-2-4-8-20/h2-10,19,24H,11-18H2,1H3. The fraction of sp³-hybridized carbons (Fsp3) is 0.440. The van der Waals surface area contributed by atoms with Crippen molar-refractivity contribution in [3.63, 3.8) is 0 Å². The van der Waals surface area contributed by atoms with E-state index in [1.807, 2.05) is 30.3 Å². The van der Waals surface area contributed by atoms with Crippen molar-refractivity contribution in [1.82, 2.24) is 4.90 Å². The highest BCUT2D eigenvalue weighted by Gasteiger charge is 2.36. The van der Waals surface area contributed by atoms with Gasteiger partial charge in [-0.25, -0.2) is 0 Å². The Morgan fingerprint density at radius 2 is 1.76 bits per heavy atom. The van der Waals surface area contributed by atoms with Crippen LogP contribution in [0.25, 0.3) is 0 Å². The van der Waals surface area contributed by atoms with Crippen LogP contribution in [0.4, 0.5) is 5.69 Å². The molecule has 8 nitrogen and oxygen atoms in total. The van der Waals surface area contributed by atoms with Crippen LogP contribution >= 0.6 is 0 Å². The molecule has 0 aromatic heterocycles. The molecule has 2 aromatic rings. The molecule has 1 saturated heterocycles. The number of benzene rings is 2. The van der Waals surface area contributed by atoms with E-state index in [1.165, 1.54) is 25.3 Å². The molecule has 1 unspecified atom stereocenters. The van der Waals surface area contributed by atoms with Gasteiger partial charge in [-0.3, -0.25) is 19.7 Å². The number of nitrogens with zero attached hydrogens (tertiary/aromatic N) is 2. The molecule has 176 valence electrons. The zero-order valence-electron chi connectivity index (χ0n) is 18.9. The third-order valence-corrected chi connectivity index (χ3v) is 6.06. The van der Waals surface area contributed by atoms with Crippen LogP contribution in [0.2, 0.25) is 0 Å². The molecular weight excluding hydrogens is 424 g/mol. The van der Waals surface area contributed by atoms with Gasteiger partial charge in [0.1, 0.15) is 5.92 Å². The van der Waals surface area contributed by atoms with Crippen LogP contribution in [0.3, 0.4) is 0 Å². The van der Waals surface area contributed by atoms with E-state index in [4.69, 9.17) is 9.47 Å².